The van der Waals surface area contributed by atoms with E-state index >= 15 is 0 Å². The molecule has 1 saturated heterocycles. The van der Waals surface area contributed by atoms with Crippen molar-refractivity contribution in [3.63, 3.8) is 0 Å². The summed E-state index contributed by atoms with van der Waals surface area (Å²) >= 11 is 0. The van der Waals surface area contributed by atoms with Crippen LogP contribution in [0.3, 0.4) is 0 Å². The van der Waals surface area contributed by atoms with Crippen LogP contribution in [0.25, 0.3) is 11.0 Å². The molecule has 0 bridgehead atoms. The van der Waals surface area contributed by atoms with E-state index in [1.165, 1.54) is 12.3 Å². The fourth-order valence-electron chi connectivity index (χ4n) is 3.19. The van der Waals surface area contributed by atoms with Crippen LogP contribution in [0.2, 0.25) is 0 Å². The maximum Gasteiger partial charge on any atom is 0.252 e. The molecule has 1 aliphatic heterocycles. The van der Waals surface area contributed by atoms with Gasteiger partial charge in [0.15, 0.2) is 0 Å². The molecule has 3 heterocycles. The Morgan fingerprint density at radius 2 is 2.38 bits per heavy atom. The number of likely N-dealkylation sites (tertiary alicyclic amines) is 1. The first kappa shape index (κ1) is 16.0. The van der Waals surface area contributed by atoms with Crippen molar-refractivity contribution in [2.24, 2.45) is 11.7 Å². The number of carbonyl (C=O) groups excluding carboxylic acids is 2. The molecule has 0 spiro atoms. The van der Waals surface area contributed by atoms with E-state index in [2.05, 4.69) is 21.9 Å². The largest absolute Gasteiger partial charge is 0.383 e. The normalized spacial score (nSPS) is 17.7. The number of carbonyl (C=O) groups is 2. The molecule has 4 N–H and O–H groups in total. The summed E-state index contributed by atoms with van der Waals surface area (Å²) in [6.45, 7) is 5.66. The van der Waals surface area contributed by atoms with Gasteiger partial charge >= 0.3 is 0 Å². The highest BCUT2D eigenvalue weighted by atomic mass is 16.2. The zero-order valence-electron chi connectivity index (χ0n) is 13.4. The molecule has 0 aliphatic carbocycles. The molecule has 0 unspecified atom stereocenters. The summed E-state index contributed by atoms with van der Waals surface area (Å²) in [4.78, 5) is 32.5. The number of aromatic nitrogens is 2. The lowest BCUT2D eigenvalue weighted by Crippen LogP contribution is -2.41. The number of hydrogen-bond donors (Lipinski definition) is 3. The SMILES string of the molecule is C=CC(=O)N1CCC[C@H](CNc2c(C(N)=O)cnc3[nH]ccc23)C1. The van der Waals surface area contributed by atoms with Crippen molar-refractivity contribution in [3.05, 3.63) is 36.7 Å². The highest BCUT2D eigenvalue weighted by molar-refractivity contribution is 6.05. The number of fused-ring (bicyclic) bond motifs is 1. The fraction of sp³-hybridized carbons (Fsp3) is 0.353. The monoisotopic (exact) mass is 327 g/mol. The van der Waals surface area contributed by atoms with Crippen molar-refractivity contribution in [1.29, 1.82) is 0 Å². The third kappa shape index (κ3) is 3.10. The van der Waals surface area contributed by atoms with Crippen molar-refractivity contribution in [2.45, 2.75) is 12.8 Å². The summed E-state index contributed by atoms with van der Waals surface area (Å²) in [6.07, 6.45) is 6.61. The van der Waals surface area contributed by atoms with E-state index < -0.39 is 5.91 Å². The molecule has 7 nitrogen and oxygen atoms in total. The van der Waals surface area contributed by atoms with E-state index in [4.69, 9.17) is 5.73 Å². The highest BCUT2D eigenvalue weighted by Crippen LogP contribution is 2.26. The van der Waals surface area contributed by atoms with Crippen molar-refractivity contribution >= 4 is 28.5 Å². The second kappa shape index (κ2) is 6.74. The standard InChI is InChI=1S/C17H21N5O2/c1-2-14(23)22-7-3-4-11(10-22)8-20-15-12-5-6-19-17(12)21-9-13(15)16(18)24/h2,5-6,9,11H,1,3-4,7-8,10H2,(H2,18,24)(H2,19,20,21)/t11-/m1/s1. The van der Waals surface area contributed by atoms with Gasteiger partial charge in [-0.15, -0.1) is 0 Å². The zero-order valence-corrected chi connectivity index (χ0v) is 13.4. The van der Waals surface area contributed by atoms with Gasteiger partial charge in [0.25, 0.3) is 5.91 Å². The maximum atomic E-state index is 11.8. The number of amides is 2. The lowest BCUT2D eigenvalue weighted by atomic mass is 9.97. The smallest absolute Gasteiger partial charge is 0.252 e. The molecule has 7 heteroatoms. The third-order valence-corrected chi connectivity index (χ3v) is 4.42. The minimum Gasteiger partial charge on any atom is -0.383 e. The molecule has 1 atom stereocenters. The summed E-state index contributed by atoms with van der Waals surface area (Å²) in [7, 11) is 0. The van der Waals surface area contributed by atoms with Gasteiger partial charge in [0.05, 0.1) is 11.3 Å². The van der Waals surface area contributed by atoms with Crippen molar-refractivity contribution in [3.8, 4) is 0 Å². The minimum atomic E-state index is -0.514. The number of piperidine rings is 1. The second-order valence-corrected chi connectivity index (χ2v) is 6.03. The summed E-state index contributed by atoms with van der Waals surface area (Å²) < 4.78 is 0. The summed E-state index contributed by atoms with van der Waals surface area (Å²) in [5, 5.41) is 4.18. The van der Waals surface area contributed by atoms with Gasteiger partial charge in [-0.25, -0.2) is 4.98 Å². The van der Waals surface area contributed by atoms with Crippen LogP contribution in [0.4, 0.5) is 5.69 Å². The quantitative estimate of drug-likeness (QED) is 0.724. The van der Waals surface area contributed by atoms with Crippen LogP contribution < -0.4 is 11.1 Å². The number of nitrogens with two attached hydrogens (primary N) is 1. The van der Waals surface area contributed by atoms with Gasteiger partial charge in [-0.05, 0) is 30.9 Å². The highest BCUT2D eigenvalue weighted by Gasteiger charge is 2.23. The minimum absolute atomic E-state index is 0.0329. The zero-order chi connectivity index (χ0) is 17.1. The van der Waals surface area contributed by atoms with Crippen LogP contribution in [-0.4, -0.2) is 46.3 Å². The Hall–Kier alpha value is -2.83. The molecule has 126 valence electrons. The third-order valence-electron chi connectivity index (χ3n) is 4.42. The second-order valence-electron chi connectivity index (χ2n) is 6.03. The Kier molecular flexibility index (Phi) is 4.50. The molecule has 2 aromatic rings. The first-order valence-corrected chi connectivity index (χ1v) is 8.01. The van der Waals surface area contributed by atoms with Gasteiger partial charge in [-0.3, -0.25) is 9.59 Å². The average Bonchev–Trinajstić information content (AvgIpc) is 3.07. The summed E-state index contributed by atoms with van der Waals surface area (Å²) in [5.41, 5.74) is 7.24. The molecule has 2 amide bonds. The van der Waals surface area contributed by atoms with Crippen LogP contribution in [0.5, 0.6) is 0 Å². The van der Waals surface area contributed by atoms with Gasteiger partial charge in [0, 0.05) is 37.4 Å². The first-order chi connectivity index (χ1) is 11.6. The number of hydrogen-bond acceptors (Lipinski definition) is 4. The van der Waals surface area contributed by atoms with Gasteiger partial charge in [0.1, 0.15) is 5.65 Å². The van der Waals surface area contributed by atoms with Gasteiger partial charge < -0.3 is 20.9 Å². The Morgan fingerprint density at radius 1 is 1.54 bits per heavy atom. The van der Waals surface area contributed by atoms with E-state index in [1.54, 1.807) is 6.20 Å². The number of pyridine rings is 1. The van der Waals surface area contributed by atoms with Gasteiger partial charge in [0.2, 0.25) is 5.91 Å². The summed E-state index contributed by atoms with van der Waals surface area (Å²) in [6, 6.07) is 1.87. The predicted molar refractivity (Wildman–Crippen MR) is 92.6 cm³/mol. The molecular weight excluding hydrogens is 306 g/mol. The van der Waals surface area contributed by atoms with Gasteiger partial charge in [-0.1, -0.05) is 6.58 Å². The lowest BCUT2D eigenvalue weighted by molar-refractivity contribution is -0.127. The molecule has 24 heavy (non-hydrogen) atoms. The molecule has 1 aliphatic rings. The molecule has 0 saturated carbocycles. The van der Waals surface area contributed by atoms with Crippen molar-refractivity contribution in [2.75, 3.05) is 25.0 Å². The first-order valence-electron chi connectivity index (χ1n) is 8.01. The lowest BCUT2D eigenvalue weighted by Gasteiger charge is -2.32. The molecule has 1 fully saturated rings. The van der Waals surface area contributed by atoms with Crippen LogP contribution >= 0.6 is 0 Å². The van der Waals surface area contributed by atoms with E-state index in [0.29, 0.717) is 35.9 Å². The maximum absolute atomic E-state index is 11.8. The molecular formula is C17H21N5O2. The number of nitrogens with zero attached hydrogens (tertiary/aromatic N) is 2. The average molecular weight is 327 g/mol. The number of anilines is 1. The number of nitrogens with one attached hydrogen (secondary N) is 2. The topological polar surface area (TPSA) is 104 Å². The van der Waals surface area contributed by atoms with Crippen molar-refractivity contribution in [1.82, 2.24) is 14.9 Å². The van der Waals surface area contributed by atoms with E-state index in [1.807, 2.05) is 11.0 Å². The molecule has 3 rings (SSSR count). The Balaban J connectivity index is 1.76. The number of rotatable bonds is 5. The fourth-order valence-corrected chi connectivity index (χ4v) is 3.19. The van der Waals surface area contributed by atoms with E-state index in [9.17, 15) is 9.59 Å². The number of aromatic amines is 1. The van der Waals surface area contributed by atoms with Crippen LogP contribution in [0.1, 0.15) is 23.2 Å². The van der Waals surface area contributed by atoms with Crippen LogP contribution in [-0.2, 0) is 4.79 Å². The van der Waals surface area contributed by atoms with Crippen LogP contribution in [0.15, 0.2) is 31.1 Å². The number of H-pyrrole nitrogens is 1. The molecule has 0 aromatic carbocycles. The van der Waals surface area contributed by atoms with Crippen molar-refractivity contribution < 1.29 is 9.59 Å². The predicted octanol–water partition coefficient (Wildman–Crippen LogP) is 1.50. The van der Waals surface area contributed by atoms with Gasteiger partial charge in [-0.2, -0.15) is 0 Å². The van der Waals surface area contributed by atoms with Crippen LogP contribution in [0, 0.1) is 5.92 Å². The number of primary amides is 1. The molecule has 0 radical (unpaired) electrons. The van der Waals surface area contributed by atoms with E-state index in [0.717, 1.165) is 24.8 Å². The Labute approximate surface area is 139 Å². The summed E-state index contributed by atoms with van der Waals surface area (Å²) in [5.74, 6) is -0.236. The Bertz CT molecular complexity index is 782. The van der Waals surface area contributed by atoms with E-state index in [-0.39, 0.29) is 5.91 Å². The molecule has 2 aromatic heterocycles. The Morgan fingerprint density at radius 3 is 3.12 bits per heavy atom.